The first-order chi connectivity index (χ1) is 9.60. The normalized spacial score (nSPS) is 27.9. The van der Waals surface area contributed by atoms with E-state index < -0.39 is 0 Å². The Morgan fingerprint density at radius 1 is 1.15 bits per heavy atom. The molecular weight excluding hydrogens is 250 g/mol. The monoisotopic (exact) mass is 281 g/mol. The predicted molar refractivity (Wildman–Crippen MR) is 85.2 cm³/mol. The average molecular weight is 281 g/mol. The lowest BCUT2D eigenvalue weighted by Gasteiger charge is -2.39. The lowest BCUT2D eigenvalue weighted by molar-refractivity contribution is 0.115. The molecule has 2 fully saturated rings. The number of rotatable bonds is 2. The Hall–Kier alpha value is -0.810. The summed E-state index contributed by atoms with van der Waals surface area (Å²) >= 11 is 0. The van der Waals surface area contributed by atoms with Gasteiger partial charge in [0.2, 0.25) is 0 Å². The van der Waals surface area contributed by atoms with Crippen molar-refractivity contribution >= 4 is 5.96 Å². The smallest absolute Gasteiger partial charge is 0.193 e. The predicted octanol–water partition coefficient (Wildman–Crippen LogP) is 0.540. The quantitative estimate of drug-likeness (QED) is 0.592. The largest absolute Gasteiger partial charge is 0.355 e. The van der Waals surface area contributed by atoms with Crippen molar-refractivity contribution in [3.05, 3.63) is 0 Å². The first-order valence-corrected chi connectivity index (χ1v) is 7.94. The van der Waals surface area contributed by atoms with Gasteiger partial charge in [-0.1, -0.05) is 6.92 Å². The minimum atomic E-state index is 0.578. The molecule has 0 aromatic carbocycles. The number of nitrogens with one attached hydrogen (secondary N) is 1. The molecule has 5 nitrogen and oxygen atoms in total. The molecule has 2 aliphatic rings. The SMILES string of the molecule is CN=C(NCC1CN(C)CCN1C)N1CCC(C)CC1. The molecule has 2 saturated heterocycles. The van der Waals surface area contributed by atoms with Crippen molar-refractivity contribution in [2.24, 2.45) is 10.9 Å². The maximum absolute atomic E-state index is 4.46. The van der Waals surface area contributed by atoms with E-state index in [-0.39, 0.29) is 0 Å². The number of likely N-dealkylation sites (N-methyl/N-ethyl adjacent to an activating group) is 2. The minimum absolute atomic E-state index is 0.578. The number of piperazine rings is 1. The van der Waals surface area contributed by atoms with Crippen LogP contribution < -0.4 is 5.32 Å². The fourth-order valence-corrected chi connectivity index (χ4v) is 3.08. The van der Waals surface area contributed by atoms with Crippen LogP contribution in [0.3, 0.4) is 0 Å². The van der Waals surface area contributed by atoms with Crippen LogP contribution in [-0.4, -0.2) is 87.1 Å². The Morgan fingerprint density at radius 2 is 1.85 bits per heavy atom. The molecule has 2 aliphatic heterocycles. The van der Waals surface area contributed by atoms with E-state index in [0.717, 1.165) is 44.6 Å². The van der Waals surface area contributed by atoms with Crippen molar-refractivity contribution in [3.63, 3.8) is 0 Å². The Labute approximate surface area is 124 Å². The molecule has 0 spiro atoms. The lowest BCUT2D eigenvalue weighted by Crippen LogP contribution is -2.56. The van der Waals surface area contributed by atoms with Crippen molar-refractivity contribution < 1.29 is 0 Å². The molecule has 0 aromatic rings. The summed E-state index contributed by atoms with van der Waals surface area (Å²) in [4.78, 5) is 11.7. The summed E-state index contributed by atoms with van der Waals surface area (Å²) in [6.45, 7) is 9.08. The van der Waals surface area contributed by atoms with Crippen molar-refractivity contribution in [3.8, 4) is 0 Å². The molecule has 0 aromatic heterocycles. The van der Waals surface area contributed by atoms with E-state index >= 15 is 0 Å². The van der Waals surface area contributed by atoms with Gasteiger partial charge in [-0.25, -0.2) is 0 Å². The van der Waals surface area contributed by atoms with Gasteiger partial charge in [-0.05, 0) is 32.9 Å². The third-order valence-corrected chi connectivity index (χ3v) is 4.77. The van der Waals surface area contributed by atoms with Gasteiger partial charge in [0.1, 0.15) is 0 Å². The molecule has 2 heterocycles. The van der Waals surface area contributed by atoms with Gasteiger partial charge < -0.3 is 15.1 Å². The highest BCUT2D eigenvalue weighted by Gasteiger charge is 2.24. The van der Waals surface area contributed by atoms with Crippen LogP contribution in [-0.2, 0) is 0 Å². The number of hydrogen-bond acceptors (Lipinski definition) is 3. The van der Waals surface area contributed by atoms with Crippen LogP contribution in [0.1, 0.15) is 19.8 Å². The summed E-state index contributed by atoms with van der Waals surface area (Å²) in [6, 6.07) is 0.578. The zero-order valence-corrected chi connectivity index (χ0v) is 13.6. The Kier molecular flexibility index (Phi) is 5.66. The molecule has 20 heavy (non-hydrogen) atoms. The molecule has 0 radical (unpaired) electrons. The standard InChI is InChI=1S/C15H31N5/c1-13-5-7-20(8-6-13)15(16-2)17-11-14-12-18(3)9-10-19(14)4/h13-14H,5-12H2,1-4H3,(H,16,17). The molecule has 1 N–H and O–H groups in total. The highest BCUT2D eigenvalue weighted by molar-refractivity contribution is 5.80. The summed E-state index contributed by atoms with van der Waals surface area (Å²) in [6.07, 6.45) is 2.57. The molecule has 0 aliphatic carbocycles. The molecule has 1 atom stereocenters. The van der Waals surface area contributed by atoms with Crippen molar-refractivity contribution in [2.75, 3.05) is 60.4 Å². The van der Waals surface area contributed by atoms with Crippen LogP contribution in [0.4, 0.5) is 0 Å². The van der Waals surface area contributed by atoms with Gasteiger partial charge in [0.05, 0.1) is 0 Å². The number of piperidine rings is 1. The van der Waals surface area contributed by atoms with Gasteiger partial charge in [0.15, 0.2) is 5.96 Å². The van der Waals surface area contributed by atoms with E-state index in [1.54, 1.807) is 0 Å². The number of hydrogen-bond donors (Lipinski definition) is 1. The van der Waals surface area contributed by atoms with E-state index in [0.29, 0.717) is 6.04 Å². The van der Waals surface area contributed by atoms with Crippen LogP contribution >= 0.6 is 0 Å². The van der Waals surface area contributed by atoms with Crippen LogP contribution in [0, 0.1) is 5.92 Å². The fraction of sp³-hybridized carbons (Fsp3) is 0.933. The number of nitrogens with zero attached hydrogens (tertiary/aromatic N) is 4. The van der Waals surface area contributed by atoms with E-state index in [1.807, 2.05) is 7.05 Å². The highest BCUT2D eigenvalue weighted by Crippen LogP contribution is 2.16. The fourth-order valence-electron chi connectivity index (χ4n) is 3.08. The van der Waals surface area contributed by atoms with Gasteiger partial charge in [-0.3, -0.25) is 9.89 Å². The minimum Gasteiger partial charge on any atom is -0.355 e. The summed E-state index contributed by atoms with van der Waals surface area (Å²) in [5.74, 6) is 1.95. The maximum atomic E-state index is 4.46. The van der Waals surface area contributed by atoms with E-state index in [4.69, 9.17) is 0 Å². The van der Waals surface area contributed by atoms with Crippen molar-refractivity contribution in [1.29, 1.82) is 0 Å². The van der Waals surface area contributed by atoms with Crippen LogP contribution in [0.2, 0.25) is 0 Å². The van der Waals surface area contributed by atoms with E-state index in [1.165, 1.54) is 19.4 Å². The van der Waals surface area contributed by atoms with Gasteiger partial charge in [-0.15, -0.1) is 0 Å². The first kappa shape index (κ1) is 15.6. The summed E-state index contributed by atoms with van der Waals surface area (Å²) in [5, 5.41) is 3.58. The molecule has 0 bridgehead atoms. The van der Waals surface area contributed by atoms with Crippen molar-refractivity contribution in [2.45, 2.75) is 25.8 Å². The Balaban J connectivity index is 1.81. The molecule has 0 saturated carbocycles. The average Bonchev–Trinajstić information content (AvgIpc) is 2.45. The molecule has 0 amide bonds. The third kappa shape index (κ3) is 4.09. The summed E-state index contributed by atoms with van der Waals surface area (Å²) in [5.41, 5.74) is 0. The Morgan fingerprint density at radius 3 is 2.50 bits per heavy atom. The first-order valence-electron chi connectivity index (χ1n) is 7.94. The number of aliphatic imine (C=N–C) groups is 1. The second-order valence-corrected chi connectivity index (χ2v) is 6.49. The summed E-state index contributed by atoms with van der Waals surface area (Å²) in [7, 11) is 6.34. The van der Waals surface area contributed by atoms with Gasteiger partial charge >= 0.3 is 0 Å². The second-order valence-electron chi connectivity index (χ2n) is 6.49. The molecule has 116 valence electrons. The topological polar surface area (TPSA) is 34.1 Å². The zero-order chi connectivity index (χ0) is 14.5. The van der Waals surface area contributed by atoms with Crippen LogP contribution in [0.25, 0.3) is 0 Å². The highest BCUT2D eigenvalue weighted by atomic mass is 15.3. The van der Waals surface area contributed by atoms with Gasteiger partial charge in [-0.2, -0.15) is 0 Å². The molecule has 5 heteroatoms. The van der Waals surface area contributed by atoms with Crippen LogP contribution in [0.5, 0.6) is 0 Å². The van der Waals surface area contributed by atoms with E-state index in [2.05, 4.69) is 46.0 Å². The van der Waals surface area contributed by atoms with E-state index in [9.17, 15) is 0 Å². The number of guanidine groups is 1. The van der Waals surface area contributed by atoms with Gasteiger partial charge in [0, 0.05) is 52.4 Å². The zero-order valence-electron chi connectivity index (χ0n) is 13.6. The molecule has 2 rings (SSSR count). The lowest BCUT2D eigenvalue weighted by atomic mass is 9.99. The Bertz CT molecular complexity index is 322. The second kappa shape index (κ2) is 7.27. The molecular formula is C15H31N5. The van der Waals surface area contributed by atoms with Crippen LogP contribution in [0.15, 0.2) is 4.99 Å². The molecule has 1 unspecified atom stereocenters. The van der Waals surface area contributed by atoms with Crippen molar-refractivity contribution in [1.82, 2.24) is 20.0 Å². The maximum Gasteiger partial charge on any atom is 0.193 e. The van der Waals surface area contributed by atoms with Gasteiger partial charge in [0.25, 0.3) is 0 Å². The summed E-state index contributed by atoms with van der Waals surface area (Å²) < 4.78 is 0. The third-order valence-electron chi connectivity index (χ3n) is 4.77. The number of likely N-dealkylation sites (tertiary alicyclic amines) is 1.